The summed E-state index contributed by atoms with van der Waals surface area (Å²) < 4.78 is 5.88. The first-order chi connectivity index (χ1) is 13.6. The lowest BCUT2D eigenvalue weighted by molar-refractivity contribution is 0.288. The molecular formula is C23H22ClNO3. The number of rotatable bonds is 4. The number of ether oxygens (including phenoxy) is 1. The molecule has 3 aromatic carbocycles. The van der Waals surface area contributed by atoms with Crippen LogP contribution in [0.4, 0.5) is 0 Å². The maximum absolute atomic E-state index is 10.7. The van der Waals surface area contributed by atoms with E-state index in [0.29, 0.717) is 17.4 Å². The summed E-state index contributed by atoms with van der Waals surface area (Å²) in [5.41, 5.74) is 4.05. The van der Waals surface area contributed by atoms with E-state index in [1.54, 1.807) is 18.2 Å². The van der Waals surface area contributed by atoms with Gasteiger partial charge in [-0.2, -0.15) is 0 Å². The van der Waals surface area contributed by atoms with E-state index in [2.05, 4.69) is 5.32 Å². The summed E-state index contributed by atoms with van der Waals surface area (Å²) in [6, 6.07) is 18.7. The van der Waals surface area contributed by atoms with Crippen LogP contribution < -0.4 is 10.1 Å². The molecule has 28 heavy (non-hydrogen) atoms. The number of hydrogen-bond donors (Lipinski definition) is 3. The standard InChI is InChI=1S/C23H22ClNO3/c24-22-18-10-11-25-13-20(16-6-8-17(26)9-7-16)19(18)12-21(27)23(22)28-14-15-4-2-1-3-5-15/h1-9,12,20,25-27H,10-11,13-14H2. The summed E-state index contributed by atoms with van der Waals surface area (Å²) in [5.74, 6) is 0.641. The maximum Gasteiger partial charge on any atom is 0.180 e. The van der Waals surface area contributed by atoms with Gasteiger partial charge in [-0.05, 0) is 53.4 Å². The Balaban J connectivity index is 1.69. The normalized spacial score (nSPS) is 16.2. The minimum Gasteiger partial charge on any atom is -0.508 e. The van der Waals surface area contributed by atoms with E-state index in [-0.39, 0.29) is 17.4 Å². The minimum atomic E-state index is 0.0321. The molecular weight excluding hydrogens is 374 g/mol. The molecule has 0 radical (unpaired) electrons. The van der Waals surface area contributed by atoms with Gasteiger partial charge in [-0.3, -0.25) is 0 Å². The number of fused-ring (bicyclic) bond motifs is 1. The van der Waals surface area contributed by atoms with E-state index in [9.17, 15) is 10.2 Å². The van der Waals surface area contributed by atoms with Gasteiger partial charge in [0.05, 0.1) is 5.02 Å². The number of aromatic hydroxyl groups is 2. The lowest BCUT2D eigenvalue weighted by Gasteiger charge is -2.21. The Morgan fingerprint density at radius 3 is 2.54 bits per heavy atom. The van der Waals surface area contributed by atoms with Crippen molar-refractivity contribution >= 4 is 11.6 Å². The van der Waals surface area contributed by atoms with Crippen LogP contribution in [-0.2, 0) is 13.0 Å². The van der Waals surface area contributed by atoms with Gasteiger partial charge in [0.1, 0.15) is 12.4 Å². The fourth-order valence-corrected chi connectivity index (χ4v) is 4.04. The molecule has 0 spiro atoms. The van der Waals surface area contributed by atoms with Gasteiger partial charge in [0, 0.05) is 12.5 Å². The fraction of sp³-hybridized carbons (Fsp3) is 0.217. The molecule has 5 heteroatoms. The van der Waals surface area contributed by atoms with Crippen LogP contribution in [-0.4, -0.2) is 23.3 Å². The van der Waals surface area contributed by atoms with E-state index >= 15 is 0 Å². The second kappa shape index (κ2) is 8.13. The largest absolute Gasteiger partial charge is 0.508 e. The summed E-state index contributed by atoms with van der Waals surface area (Å²) in [7, 11) is 0. The van der Waals surface area contributed by atoms with Gasteiger partial charge in [-0.15, -0.1) is 0 Å². The average Bonchev–Trinajstić information content (AvgIpc) is 2.92. The third-order valence-electron chi connectivity index (χ3n) is 5.13. The zero-order chi connectivity index (χ0) is 19.5. The van der Waals surface area contributed by atoms with Gasteiger partial charge >= 0.3 is 0 Å². The van der Waals surface area contributed by atoms with Crippen LogP contribution in [0.2, 0.25) is 5.02 Å². The Bertz CT molecular complexity index is 958. The summed E-state index contributed by atoms with van der Waals surface area (Å²) in [6.07, 6.45) is 0.755. The topological polar surface area (TPSA) is 61.7 Å². The maximum atomic E-state index is 10.7. The predicted octanol–water partition coefficient (Wildman–Crippen LogP) is 4.61. The Morgan fingerprint density at radius 2 is 1.79 bits per heavy atom. The Labute approximate surface area is 169 Å². The Kier molecular flexibility index (Phi) is 5.42. The number of benzene rings is 3. The lowest BCUT2D eigenvalue weighted by atomic mass is 9.87. The van der Waals surface area contributed by atoms with Crippen LogP contribution in [0.5, 0.6) is 17.2 Å². The zero-order valence-electron chi connectivity index (χ0n) is 15.4. The molecule has 0 amide bonds. The molecule has 4 nitrogen and oxygen atoms in total. The Morgan fingerprint density at radius 1 is 1.04 bits per heavy atom. The van der Waals surface area contributed by atoms with Gasteiger partial charge in [-0.25, -0.2) is 0 Å². The monoisotopic (exact) mass is 395 g/mol. The first kappa shape index (κ1) is 18.7. The molecule has 0 aromatic heterocycles. The van der Waals surface area contributed by atoms with Crippen LogP contribution in [0.15, 0.2) is 60.7 Å². The minimum absolute atomic E-state index is 0.0321. The molecule has 0 fully saturated rings. The number of nitrogens with one attached hydrogen (secondary N) is 1. The fourth-order valence-electron chi connectivity index (χ4n) is 3.68. The first-order valence-corrected chi connectivity index (χ1v) is 9.72. The van der Waals surface area contributed by atoms with Crippen molar-refractivity contribution in [2.24, 2.45) is 0 Å². The van der Waals surface area contributed by atoms with Crippen molar-refractivity contribution in [1.82, 2.24) is 5.32 Å². The van der Waals surface area contributed by atoms with Crippen LogP contribution in [0, 0.1) is 0 Å². The average molecular weight is 396 g/mol. The highest BCUT2D eigenvalue weighted by molar-refractivity contribution is 6.33. The van der Waals surface area contributed by atoms with Gasteiger partial charge in [0.2, 0.25) is 0 Å². The smallest absolute Gasteiger partial charge is 0.180 e. The lowest BCUT2D eigenvalue weighted by Crippen LogP contribution is -2.20. The Hall–Kier alpha value is -2.69. The third-order valence-corrected chi connectivity index (χ3v) is 5.53. The SMILES string of the molecule is Oc1ccc(C2CNCCc3c2cc(O)c(OCc2ccccc2)c3Cl)cc1. The van der Waals surface area contributed by atoms with Crippen LogP contribution in [0.1, 0.15) is 28.2 Å². The molecule has 144 valence electrons. The van der Waals surface area contributed by atoms with Gasteiger partial charge in [0.15, 0.2) is 11.5 Å². The molecule has 3 N–H and O–H groups in total. The number of hydrogen-bond acceptors (Lipinski definition) is 4. The summed E-state index contributed by atoms with van der Waals surface area (Å²) in [5, 5.41) is 24.2. The first-order valence-electron chi connectivity index (χ1n) is 9.34. The van der Waals surface area contributed by atoms with Crippen LogP contribution in [0.25, 0.3) is 0 Å². The van der Waals surface area contributed by atoms with Gasteiger partial charge in [0.25, 0.3) is 0 Å². The molecule has 3 aromatic rings. The number of phenolic OH excluding ortho intramolecular Hbond substituents is 2. The summed E-state index contributed by atoms with van der Waals surface area (Å²) >= 11 is 6.70. The highest BCUT2D eigenvalue weighted by atomic mass is 35.5. The molecule has 0 aliphatic carbocycles. The van der Waals surface area contributed by atoms with Crippen molar-refractivity contribution in [1.29, 1.82) is 0 Å². The highest BCUT2D eigenvalue weighted by Crippen LogP contribution is 2.44. The van der Waals surface area contributed by atoms with Crippen LogP contribution in [0.3, 0.4) is 0 Å². The van der Waals surface area contributed by atoms with E-state index in [4.69, 9.17) is 16.3 Å². The molecule has 4 rings (SSSR count). The zero-order valence-corrected chi connectivity index (χ0v) is 16.1. The molecule has 1 aliphatic rings. The molecule has 1 aliphatic heterocycles. The summed E-state index contributed by atoms with van der Waals surface area (Å²) in [4.78, 5) is 0. The highest BCUT2D eigenvalue weighted by Gasteiger charge is 2.26. The van der Waals surface area contributed by atoms with Crippen molar-refractivity contribution in [3.63, 3.8) is 0 Å². The second-order valence-electron chi connectivity index (χ2n) is 6.98. The van der Waals surface area contributed by atoms with Gasteiger partial charge < -0.3 is 20.3 Å². The van der Waals surface area contributed by atoms with E-state index in [1.807, 2.05) is 42.5 Å². The molecule has 1 unspecified atom stereocenters. The summed E-state index contributed by atoms with van der Waals surface area (Å²) in [6.45, 7) is 1.87. The quantitative estimate of drug-likeness (QED) is 0.603. The number of phenols is 2. The van der Waals surface area contributed by atoms with Crippen molar-refractivity contribution in [2.45, 2.75) is 18.9 Å². The van der Waals surface area contributed by atoms with E-state index in [0.717, 1.165) is 41.8 Å². The van der Waals surface area contributed by atoms with E-state index < -0.39 is 0 Å². The predicted molar refractivity (Wildman–Crippen MR) is 110 cm³/mol. The third kappa shape index (κ3) is 3.79. The van der Waals surface area contributed by atoms with Crippen molar-refractivity contribution in [2.75, 3.05) is 13.1 Å². The van der Waals surface area contributed by atoms with Crippen molar-refractivity contribution < 1.29 is 14.9 Å². The molecule has 1 atom stereocenters. The van der Waals surface area contributed by atoms with Crippen LogP contribution >= 0.6 is 11.6 Å². The molecule has 0 saturated carbocycles. The van der Waals surface area contributed by atoms with Crippen molar-refractivity contribution in [3.8, 4) is 17.2 Å². The van der Waals surface area contributed by atoms with Crippen molar-refractivity contribution in [3.05, 3.63) is 87.9 Å². The molecule has 0 bridgehead atoms. The molecule has 0 saturated heterocycles. The number of halogens is 1. The van der Waals surface area contributed by atoms with Gasteiger partial charge in [-0.1, -0.05) is 54.1 Å². The second-order valence-corrected chi connectivity index (χ2v) is 7.36. The molecule has 1 heterocycles. The van der Waals surface area contributed by atoms with E-state index in [1.165, 1.54) is 0 Å².